The van der Waals surface area contributed by atoms with E-state index in [4.69, 9.17) is 9.84 Å². The van der Waals surface area contributed by atoms with Crippen LogP contribution in [0, 0.1) is 5.92 Å². The average Bonchev–Trinajstić information content (AvgIpc) is 2.38. The standard InChI is InChI=1S/C14H29NO2/c1-2-14(7-11-16)6-4-3-5-8-15-9-12-17-13-10-15/h14,16H,2-13H2,1H3/t14-/m0/s1. The molecule has 0 aliphatic carbocycles. The molecular weight excluding hydrogens is 214 g/mol. The molecule has 1 aliphatic rings. The van der Waals surface area contributed by atoms with Crippen LogP contribution in [0.4, 0.5) is 0 Å². The first kappa shape index (κ1) is 14.9. The highest BCUT2D eigenvalue weighted by Crippen LogP contribution is 2.16. The summed E-state index contributed by atoms with van der Waals surface area (Å²) in [6, 6.07) is 0. The van der Waals surface area contributed by atoms with E-state index in [2.05, 4.69) is 11.8 Å². The number of ether oxygens (including phenoxy) is 1. The number of unbranched alkanes of at least 4 members (excludes halogenated alkanes) is 2. The van der Waals surface area contributed by atoms with E-state index in [-0.39, 0.29) is 0 Å². The zero-order valence-electron chi connectivity index (χ0n) is 11.4. The van der Waals surface area contributed by atoms with Crippen molar-refractivity contribution in [3.63, 3.8) is 0 Å². The summed E-state index contributed by atoms with van der Waals surface area (Å²) < 4.78 is 5.33. The van der Waals surface area contributed by atoms with Crippen molar-refractivity contribution >= 4 is 0 Å². The molecular formula is C14H29NO2. The summed E-state index contributed by atoms with van der Waals surface area (Å²) in [7, 11) is 0. The van der Waals surface area contributed by atoms with Gasteiger partial charge >= 0.3 is 0 Å². The maximum absolute atomic E-state index is 8.92. The van der Waals surface area contributed by atoms with Crippen molar-refractivity contribution in [2.75, 3.05) is 39.5 Å². The zero-order valence-corrected chi connectivity index (χ0v) is 11.4. The Kier molecular flexibility index (Phi) is 8.67. The van der Waals surface area contributed by atoms with Crippen LogP contribution in [0.1, 0.15) is 45.4 Å². The van der Waals surface area contributed by atoms with Gasteiger partial charge in [-0.25, -0.2) is 0 Å². The Morgan fingerprint density at radius 1 is 1.12 bits per heavy atom. The minimum absolute atomic E-state index is 0.353. The number of rotatable bonds is 9. The zero-order chi connectivity index (χ0) is 12.3. The lowest BCUT2D eigenvalue weighted by Gasteiger charge is -2.26. The van der Waals surface area contributed by atoms with Crippen molar-refractivity contribution in [1.82, 2.24) is 4.90 Å². The molecule has 0 unspecified atom stereocenters. The molecule has 3 nitrogen and oxygen atoms in total. The molecule has 0 bridgehead atoms. The van der Waals surface area contributed by atoms with Gasteiger partial charge in [-0.2, -0.15) is 0 Å². The lowest BCUT2D eigenvalue weighted by Crippen LogP contribution is -2.36. The van der Waals surface area contributed by atoms with Gasteiger partial charge < -0.3 is 9.84 Å². The summed E-state index contributed by atoms with van der Waals surface area (Å²) in [6.45, 7) is 7.87. The summed E-state index contributed by atoms with van der Waals surface area (Å²) in [5.41, 5.74) is 0. The monoisotopic (exact) mass is 243 g/mol. The SMILES string of the molecule is CC[C@H](CCO)CCCCCN1CCOCC1. The molecule has 0 aromatic heterocycles. The van der Waals surface area contributed by atoms with E-state index >= 15 is 0 Å². The number of hydrogen-bond donors (Lipinski definition) is 1. The highest BCUT2D eigenvalue weighted by atomic mass is 16.5. The Morgan fingerprint density at radius 2 is 1.88 bits per heavy atom. The highest BCUT2D eigenvalue weighted by Gasteiger charge is 2.09. The predicted octanol–water partition coefficient (Wildman–Crippen LogP) is 2.29. The first-order valence-electron chi connectivity index (χ1n) is 7.27. The average molecular weight is 243 g/mol. The van der Waals surface area contributed by atoms with Crippen LogP contribution in [0.2, 0.25) is 0 Å². The summed E-state index contributed by atoms with van der Waals surface area (Å²) >= 11 is 0. The van der Waals surface area contributed by atoms with E-state index in [1.54, 1.807) is 0 Å². The molecule has 1 fully saturated rings. The van der Waals surface area contributed by atoms with E-state index in [9.17, 15) is 0 Å². The van der Waals surface area contributed by atoms with E-state index in [0.717, 1.165) is 38.6 Å². The second-order valence-corrected chi connectivity index (χ2v) is 5.09. The third kappa shape index (κ3) is 7.02. The molecule has 1 saturated heterocycles. The van der Waals surface area contributed by atoms with Crippen LogP contribution in [-0.2, 0) is 4.74 Å². The summed E-state index contributed by atoms with van der Waals surface area (Å²) in [4.78, 5) is 2.51. The molecule has 0 aromatic rings. The van der Waals surface area contributed by atoms with Crippen molar-refractivity contribution in [1.29, 1.82) is 0 Å². The summed E-state index contributed by atoms with van der Waals surface area (Å²) in [5, 5.41) is 8.92. The van der Waals surface area contributed by atoms with Gasteiger partial charge in [0, 0.05) is 19.7 Å². The van der Waals surface area contributed by atoms with Gasteiger partial charge in [0.1, 0.15) is 0 Å². The Hall–Kier alpha value is -0.120. The smallest absolute Gasteiger partial charge is 0.0594 e. The Morgan fingerprint density at radius 3 is 2.53 bits per heavy atom. The van der Waals surface area contributed by atoms with E-state index in [1.807, 2.05) is 0 Å². The number of nitrogens with zero attached hydrogens (tertiary/aromatic N) is 1. The molecule has 1 aliphatic heterocycles. The molecule has 1 rings (SSSR count). The molecule has 17 heavy (non-hydrogen) atoms. The van der Waals surface area contributed by atoms with Gasteiger partial charge in [-0.05, 0) is 25.3 Å². The maximum Gasteiger partial charge on any atom is 0.0594 e. The fourth-order valence-electron chi connectivity index (χ4n) is 2.51. The molecule has 102 valence electrons. The largest absolute Gasteiger partial charge is 0.396 e. The molecule has 0 spiro atoms. The topological polar surface area (TPSA) is 32.7 Å². The second-order valence-electron chi connectivity index (χ2n) is 5.09. The van der Waals surface area contributed by atoms with Crippen molar-refractivity contribution in [2.24, 2.45) is 5.92 Å². The van der Waals surface area contributed by atoms with Crippen molar-refractivity contribution in [3.05, 3.63) is 0 Å². The van der Waals surface area contributed by atoms with Crippen LogP contribution in [0.5, 0.6) is 0 Å². The van der Waals surface area contributed by atoms with Crippen LogP contribution < -0.4 is 0 Å². The van der Waals surface area contributed by atoms with E-state index < -0.39 is 0 Å². The van der Waals surface area contributed by atoms with Gasteiger partial charge in [0.05, 0.1) is 13.2 Å². The van der Waals surface area contributed by atoms with Gasteiger partial charge in [0.15, 0.2) is 0 Å². The van der Waals surface area contributed by atoms with Crippen molar-refractivity contribution in [3.8, 4) is 0 Å². The van der Waals surface area contributed by atoms with E-state index in [0.29, 0.717) is 6.61 Å². The molecule has 0 saturated carbocycles. The first-order valence-corrected chi connectivity index (χ1v) is 7.27. The quantitative estimate of drug-likeness (QED) is 0.631. The van der Waals surface area contributed by atoms with Gasteiger partial charge in [-0.1, -0.05) is 32.6 Å². The minimum atomic E-state index is 0.353. The van der Waals surface area contributed by atoms with Crippen molar-refractivity contribution in [2.45, 2.75) is 45.4 Å². The fourth-order valence-corrected chi connectivity index (χ4v) is 2.51. The second kappa shape index (κ2) is 9.86. The molecule has 0 radical (unpaired) electrons. The predicted molar refractivity (Wildman–Crippen MR) is 71.2 cm³/mol. The van der Waals surface area contributed by atoms with Gasteiger partial charge in [-0.3, -0.25) is 4.90 Å². The van der Waals surface area contributed by atoms with Crippen LogP contribution in [0.3, 0.4) is 0 Å². The van der Waals surface area contributed by atoms with Gasteiger partial charge in [-0.15, -0.1) is 0 Å². The highest BCUT2D eigenvalue weighted by molar-refractivity contribution is 4.62. The Labute approximate surface area is 106 Å². The number of morpholine rings is 1. The summed E-state index contributed by atoms with van der Waals surface area (Å²) in [5.74, 6) is 0.739. The molecule has 1 atom stereocenters. The molecule has 1 heterocycles. The fraction of sp³-hybridized carbons (Fsp3) is 1.00. The third-order valence-corrected chi connectivity index (χ3v) is 3.81. The van der Waals surface area contributed by atoms with Gasteiger partial charge in [0.2, 0.25) is 0 Å². The Bertz CT molecular complexity index is 163. The lowest BCUT2D eigenvalue weighted by atomic mass is 9.95. The van der Waals surface area contributed by atoms with Crippen LogP contribution >= 0.6 is 0 Å². The lowest BCUT2D eigenvalue weighted by molar-refractivity contribution is 0.0371. The molecule has 0 aromatic carbocycles. The third-order valence-electron chi connectivity index (χ3n) is 3.81. The molecule has 0 amide bonds. The number of aliphatic hydroxyl groups excluding tert-OH is 1. The number of hydrogen-bond acceptors (Lipinski definition) is 3. The maximum atomic E-state index is 8.92. The minimum Gasteiger partial charge on any atom is -0.396 e. The first-order chi connectivity index (χ1) is 8.36. The van der Waals surface area contributed by atoms with Gasteiger partial charge in [0.25, 0.3) is 0 Å². The van der Waals surface area contributed by atoms with E-state index in [1.165, 1.54) is 38.6 Å². The molecule has 3 heteroatoms. The van der Waals surface area contributed by atoms with Crippen LogP contribution in [0.15, 0.2) is 0 Å². The van der Waals surface area contributed by atoms with Crippen LogP contribution in [0.25, 0.3) is 0 Å². The number of aliphatic hydroxyl groups is 1. The molecule has 1 N–H and O–H groups in total. The Balaban J connectivity index is 1.92. The van der Waals surface area contributed by atoms with Crippen molar-refractivity contribution < 1.29 is 9.84 Å². The van der Waals surface area contributed by atoms with Crippen LogP contribution in [-0.4, -0.2) is 49.5 Å². The summed E-state index contributed by atoms with van der Waals surface area (Å²) in [6.07, 6.45) is 7.46. The normalized spacial score (nSPS) is 19.4.